The lowest BCUT2D eigenvalue weighted by atomic mass is 10.2. The minimum absolute atomic E-state index is 0.223. The second-order valence-corrected chi connectivity index (χ2v) is 4.67. The number of nitrogens with zero attached hydrogens (tertiary/aromatic N) is 3. The van der Waals surface area contributed by atoms with E-state index in [1.54, 1.807) is 6.20 Å². The minimum Gasteiger partial charge on any atom is -0.475 e. The molecule has 10 heteroatoms. The Balaban J connectivity index is 0.000000534. The first-order chi connectivity index (χ1) is 9.96. The topological polar surface area (TPSA) is 109 Å². The maximum absolute atomic E-state index is 11.1. The summed E-state index contributed by atoms with van der Waals surface area (Å²) < 4.78 is 31.7. The van der Waals surface area contributed by atoms with Crippen molar-refractivity contribution in [3.05, 3.63) is 18.1 Å². The smallest absolute Gasteiger partial charge is 0.475 e. The molecule has 0 aromatic carbocycles. The summed E-state index contributed by atoms with van der Waals surface area (Å²) in [6.07, 6.45) is -2.06. The van der Waals surface area contributed by atoms with Crippen molar-refractivity contribution < 1.29 is 27.9 Å². The zero-order valence-electron chi connectivity index (χ0n) is 12.3. The third-order valence-electron chi connectivity index (χ3n) is 2.16. The average molecular weight is 322 g/mol. The molecule has 1 rings (SSSR count). The van der Waals surface area contributed by atoms with Crippen molar-refractivity contribution in [3.63, 3.8) is 0 Å². The van der Waals surface area contributed by atoms with Crippen LogP contribution in [0.15, 0.2) is 12.4 Å². The molecule has 0 radical (unpaired) electrons. The quantitative estimate of drug-likeness (QED) is 0.865. The molecule has 1 amide bonds. The van der Waals surface area contributed by atoms with Crippen molar-refractivity contribution in [2.24, 2.45) is 11.7 Å². The Morgan fingerprint density at radius 1 is 1.32 bits per heavy atom. The molecule has 1 heterocycles. The molecule has 0 saturated carbocycles. The summed E-state index contributed by atoms with van der Waals surface area (Å²) in [5.74, 6) is -2.28. The van der Waals surface area contributed by atoms with Crippen LogP contribution in [0.25, 0.3) is 0 Å². The van der Waals surface area contributed by atoms with Gasteiger partial charge in [0.05, 0.1) is 0 Å². The van der Waals surface area contributed by atoms with E-state index >= 15 is 0 Å². The Morgan fingerprint density at radius 3 is 2.14 bits per heavy atom. The van der Waals surface area contributed by atoms with Gasteiger partial charge in [-0.1, -0.05) is 13.8 Å². The Morgan fingerprint density at radius 2 is 1.77 bits per heavy atom. The molecule has 0 spiro atoms. The monoisotopic (exact) mass is 322 g/mol. The molecule has 0 bridgehead atoms. The SMILES string of the molecule is CC(C)CN(C)c1nccnc1C(N)=O.O=C(O)C(F)(F)F. The number of halogens is 3. The van der Waals surface area contributed by atoms with Gasteiger partial charge in [-0.05, 0) is 5.92 Å². The second kappa shape index (κ2) is 8.15. The molecule has 0 unspecified atom stereocenters. The van der Waals surface area contributed by atoms with Gasteiger partial charge in [-0.3, -0.25) is 4.79 Å². The lowest BCUT2D eigenvalue weighted by Crippen LogP contribution is -2.27. The number of carbonyl (C=O) groups excluding carboxylic acids is 1. The van der Waals surface area contributed by atoms with Gasteiger partial charge in [0, 0.05) is 26.0 Å². The van der Waals surface area contributed by atoms with E-state index in [-0.39, 0.29) is 5.69 Å². The average Bonchev–Trinajstić information content (AvgIpc) is 2.37. The zero-order valence-corrected chi connectivity index (χ0v) is 12.3. The highest BCUT2D eigenvalue weighted by Gasteiger charge is 2.38. The normalized spacial score (nSPS) is 10.7. The van der Waals surface area contributed by atoms with Crippen LogP contribution in [0, 0.1) is 5.92 Å². The lowest BCUT2D eigenvalue weighted by Gasteiger charge is -2.21. The molecule has 7 nitrogen and oxygen atoms in total. The third kappa shape index (κ3) is 6.86. The number of hydrogen-bond acceptors (Lipinski definition) is 5. The predicted octanol–water partition coefficient (Wildman–Crippen LogP) is 1.30. The van der Waals surface area contributed by atoms with Gasteiger partial charge in [-0.2, -0.15) is 13.2 Å². The number of primary amides is 1. The highest BCUT2D eigenvalue weighted by atomic mass is 19.4. The lowest BCUT2D eigenvalue weighted by molar-refractivity contribution is -0.192. The molecule has 0 atom stereocenters. The van der Waals surface area contributed by atoms with Gasteiger partial charge in [0.2, 0.25) is 0 Å². The number of carboxylic acids is 1. The van der Waals surface area contributed by atoms with Crippen molar-refractivity contribution >= 4 is 17.7 Å². The highest BCUT2D eigenvalue weighted by Crippen LogP contribution is 2.14. The fourth-order valence-corrected chi connectivity index (χ4v) is 1.42. The van der Waals surface area contributed by atoms with Crippen LogP contribution in [0.5, 0.6) is 0 Å². The van der Waals surface area contributed by atoms with Crippen LogP contribution < -0.4 is 10.6 Å². The van der Waals surface area contributed by atoms with Crippen LogP contribution in [0.2, 0.25) is 0 Å². The van der Waals surface area contributed by atoms with Crippen molar-refractivity contribution in [1.82, 2.24) is 9.97 Å². The molecule has 3 N–H and O–H groups in total. The number of anilines is 1. The van der Waals surface area contributed by atoms with Gasteiger partial charge in [0.25, 0.3) is 5.91 Å². The van der Waals surface area contributed by atoms with E-state index < -0.39 is 18.1 Å². The van der Waals surface area contributed by atoms with E-state index in [4.69, 9.17) is 15.6 Å². The van der Waals surface area contributed by atoms with E-state index in [9.17, 15) is 18.0 Å². The van der Waals surface area contributed by atoms with Crippen LogP contribution in [0.3, 0.4) is 0 Å². The largest absolute Gasteiger partial charge is 0.490 e. The summed E-state index contributed by atoms with van der Waals surface area (Å²) in [6, 6.07) is 0. The maximum Gasteiger partial charge on any atom is 0.490 e. The van der Waals surface area contributed by atoms with Gasteiger partial charge in [0.15, 0.2) is 11.5 Å². The standard InChI is InChI=1S/C10H16N4O.C2HF3O2/c1-7(2)6-14(3)10-8(9(11)15)12-4-5-13-10;3-2(4,5)1(6)7/h4-5,7H,6H2,1-3H3,(H2,11,15);(H,6,7). The Kier molecular flexibility index (Phi) is 7.26. The first kappa shape index (κ1) is 19.6. The van der Waals surface area contributed by atoms with E-state index in [2.05, 4.69) is 23.8 Å². The van der Waals surface area contributed by atoms with Crippen molar-refractivity contribution in [2.45, 2.75) is 20.0 Å². The first-order valence-corrected chi connectivity index (χ1v) is 6.08. The van der Waals surface area contributed by atoms with E-state index in [1.165, 1.54) is 6.20 Å². The van der Waals surface area contributed by atoms with Crippen LogP contribution in [0.4, 0.5) is 19.0 Å². The van der Waals surface area contributed by atoms with E-state index in [1.807, 2.05) is 11.9 Å². The van der Waals surface area contributed by atoms with Gasteiger partial charge in [-0.25, -0.2) is 14.8 Å². The number of alkyl halides is 3. The van der Waals surface area contributed by atoms with Crippen molar-refractivity contribution in [1.29, 1.82) is 0 Å². The van der Waals surface area contributed by atoms with E-state index in [0.29, 0.717) is 11.7 Å². The Labute approximate surface area is 125 Å². The molecule has 0 aliphatic carbocycles. The Hall–Kier alpha value is -2.39. The van der Waals surface area contributed by atoms with Crippen LogP contribution in [-0.2, 0) is 4.79 Å². The number of carboxylic acid groups (broad SMARTS) is 1. The Bertz CT molecular complexity index is 521. The summed E-state index contributed by atoms with van der Waals surface area (Å²) in [5.41, 5.74) is 5.44. The van der Waals surface area contributed by atoms with Crippen LogP contribution >= 0.6 is 0 Å². The first-order valence-electron chi connectivity index (χ1n) is 6.08. The second-order valence-electron chi connectivity index (χ2n) is 4.67. The summed E-state index contributed by atoms with van der Waals surface area (Å²) in [7, 11) is 1.87. The summed E-state index contributed by atoms with van der Waals surface area (Å²) in [4.78, 5) is 29.9. The minimum atomic E-state index is -5.08. The van der Waals surface area contributed by atoms with Gasteiger partial charge in [0.1, 0.15) is 0 Å². The third-order valence-corrected chi connectivity index (χ3v) is 2.16. The number of nitrogens with two attached hydrogens (primary N) is 1. The van der Waals surface area contributed by atoms with Gasteiger partial charge < -0.3 is 15.7 Å². The number of aromatic nitrogens is 2. The summed E-state index contributed by atoms with van der Waals surface area (Å²) in [5, 5.41) is 7.12. The molecule has 1 aromatic heterocycles. The molecule has 0 saturated heterocycles. The molecule has 1 aromatic rings. The molecule has 124 valence electrons. The van der Waals surface area contributed by atoms with Gasteiger partial charge >= 0.3 is 12.1 Å². The molecular weight excluding hydrogens is 305 g/mol. The number of aliphatic carboxylic acids is 1. The van der Waals surface area contributed by atoms with Crippen LogP contribution in [0.1, 0.15) is 24.3 Å². The highest BCUT2D eigenvalue weighted by molar-refractivity contribution is 5.95. The fraction of sp³-hybridized carbons (Fsp3) is 0.500. The summed E-state index contributed by atoms with van der Waals surface area (Å²) >= 11 is 0. The molecular formula is C12H17F3N4O3. The maximum atomic E-state index is 11.1. The van der Waals surface area contributed by atoms with Crippen molar-refractivity contribution in [2.75, 3.05) is 18.5 Å². The van der Waals surface area contributed by atoms with E-state index in [0.717, 1.165) is 6.54 Å². The molecule has 22 heavy (non-hydrogen) atoms. The fourth-order valence-electron chi connectivity index (χ4n) is 1.42. The number of amides is 1. The molecule has 0 aliphatic heterocycles. The molecule has 0 aliphatic rings. The predicted molar refractivity (Wildman–Crippen MR) is 72.3 cm³/mol. The number of hydrogen-bond donors (Lipinski definition) is 2. The van der Waals surface area contributed by atoms with Gasteiger partial charge in [-0.15, -0.1) is 0 Å². The number of carbonyl (C=O) groups is 2. The molecule has 0 fully saturated rings. The zero-order chi connectivity index (χ0) is 17.5. The van der Waals surface area contributed by atoms with Crippen molar-refractivity contribution in [3.8, 4) is 0 Å². The van der Waals surface area contributed by atoms with Crippen LogP contribution in [-0.4, -0.2) is 46.7 Å². The summed E-state index contributed by atoms with van der Waals surface area (Å²) in [6.45, 7) is 4.99. The number of rotatable bonds is 4.